The Hall–Kier alpha value is -2.12. The molecule has 26 heavy (non-hydrogen) atoms. The number of anilines is 3. The fourth-order valence-electron chi connectivity index (χ4n) is 3.37. The molecule has 0 bridgehead atoms. The van der Waals surface area contributed by atoms with E-state index in [9.17, 15) is 0 Å². The second kappa shape index (κ2) is 7.25. The zero-order valence-corrected chi connectivity index (χ0v) is 16.6. The van der Waals surface area contributed by atoms with E-state index in [1.54, 1.807) is 6.20 Å². The molecule has 3 heterocycles. The van der Waals surface area contributed by atoms with Crippen molar-refractivity contribution in [2.24, 2.45) is 0 Å². The number of hydrogen-bond acceptors (Lipinski definition) is 5. The van der Waals surface area contributed by atoms with E-state index in [0.717, 1.165) is 52.5 Å². The monoisotopic (exact) mass is 414 g/mol. The predicted octanol–water partition coefficient (Wildman–Crippen LogP) is 3.77. The minimum atomic E-state index is 0.434. The molecule has 3 aromatic rings. The summed E-state index contributed by atoms with van der Waals surface area (Å²) in [5.74, 6) is 1.36. The lowest BCUT2D eigenvalue weighted by Crippen LogP contribution is -2.29. The van der Waals surface area contributed by atoms with Gasteiger partial charge in [-0.1, -0.05) is 6.07 Å². The van der Waals surface area contributed by atoms with Crippen LogP contribution in [-0.2, 0) is 0 Å². The fraction of sp³-hybridized carbons (Fsp3) is 0.368. The molecule has 1 aliphatic heterocycles. The van der Waals surface area contributed by atoms with Gasteiger partial charge in [-0.3, -0.25) is 0 Å². The summed E-state index contributed by atoms with van der Waals surface area (Å²) >= 11 is 3.58. The van der Waals surface area contributed by atoms with E-state index in [4.69, 9.17) is 4.98 Å². The second-order valence-electron chi connectivity index (χ2n) is 6.91. The molecule has 0 amide bonds. The van der Waals surface area contributed by atoms with Crippen molar-refractivity contribution >= 4 is 38.8 Å². The highest BCUT2D eigenvalue weighted by Crippen LogP contribution is 2.29. The van der Waals surface area contributed by atoms with E-state index in [1.165, 1.54) is 6.42 Å². The Labute approximate surface area is 161 Å². The summed E-state index contributed by atoms with van der Waals surface area (Å²) in [5.41, 5.74) is 4.14. The van der Waals surface area contributed by atoms with Gasteiger partial charge in [-0.15, -0.1) is 0 Å². The molecule has 1 aliphatic rings. The molecule has 2 aromatic heterocycles. The van der Waals surface area contributed by atoms with Crippen molar-refractivity contribution in [3.63, 3.8) is 0 Å². The Balaban J connectivity index is 1.74. The number of nitrogens with zero attached hydrogens (tertiary/aromatic N) is 4. The number of hydrogen-bond donors (Lipinski definition) is 2. The molecule has 0 saturated carbocycles. The molecule has 7 heteroatoms. The normalized spacial score (nSPS) is 17.4. The highest BCUT2D eigenvalue weighted by atomic mass is 79.9. The van der Waals surface area contributed by atoms with Crippen LogP contribution in [0.15, 0.2) is 41.0 Å². The van der Waals surface area contributed by atoms with Gasteiger partial charge < -0.3 is 15.5 Å². The van der Waals surface area contributed by atoms with Gasteiger partial charge in [0.15, 0.2) is 5.65 Å². The summed E-state index contributed by atoms with van der Waals surface area (Å²) in [7, 11) is 4.09. The third kappa shape index (κ3) is 3.41. The number of halogens is 1. The third-order valence-corrected chi connectivity index (χ3v) is 5.36. The van der Waals surface area contributed by atoms with E-state index in [1.807, 2.05) is 18.6 Å². The molecular formula is C19H23BrN6. The molecule has 4 rings (SSSR count). The van der Waals surface area contributed by atoms with Crippen molar-refractivity contribution in [3.8, 4) is 0 Å². The summed E-state index contributed by atoms with van der Waals surface area (Å²) < 4.78 is 2.76. The van der Waals surface area contributed by atoms with Crippen molar-refractivity contribution in [2.75, 3.05) is 37.4 Å². The average molecular weight is 415 g/mol. The van der Waals surface area contributed by atoms with E-state index in [0.29, 0.717) is 5.92 Å². The predicted molar refractivity (Wildman–Crippen MR) is 110 cm³/mol. The Morgan fingerprint density at radius 2 is 2.19 bits per heavy atom. The lowest BCUT2D eigenvalue weighted by Gasteiger charge is -2.23. The molecule has 0 spiro atoms. The van der Waals surface area contributed by atoms with Gasteiger partial charge in [-0.05, 0) is 53.5 Å². The summed E-state index contributed by atoms with van der Waals surface area (Å²) in [6.07, 6.45) is 4.15. The molecule has 1 fully saturated rings. The Morgan fingerprint density at radius 3 is 2.96 bits per heavy atom. The Bertz CT molecular complexity index is 914. The van der Waals surface area contributed by atoms with Crippen molar-refractivity contribution in [3.05, 3.63) is 46.7 Å². The topological polar surface area (TPSA) is 57.5 Å². The zero-order chi connectivity index (χ0) is 18.1. The van der Waals surface area contributed by atoms with Crippen LogP contribution >= 0.6 is 15.9 Å². The van der Waals surface area contributed by atoms with Crippen molar-refractivity contribution in [2.45, 2.75) is 18.8 Å². The average Bonchev–Trinajstić information content (AvgIpc) is 3.04. The molecule has 1 aromatic carbocycles. The molecule has 1 unspecified atom stereocenters. The van der Waals surface area contributed by atoms with Crippen molar-refractivity contribution < 1.29 is 0 Å². The lowest BCUT2D eigenvalue weighted by molar-refractivity contribution is 0.455. The summed E-state index contributed by atoms with van der Waals surface area (Å²) in [6.45, 7) is 2.07. The quantitative estimate of drug-likeness (QED) is 0.680. The van der Waals surface area contributed by atoms with E-state index in [2.05, 4.69) is 66.9 Å². The molecular weight excluding hydrogens is 392 g/mol. The van der Waals surface area contributed by atoms with Gasteiger partial charge >= 0.3 is 0 Å². The molecule has 0 aliphatic carbocycles. The molecule has 1 atom stereocenters. The van der Waals surface area contributed by atoms with Crippen LogP contribution in [0.4, 0.5) is 17.2 Å². The van der Waals surface area contributed by atoms with Crippen molar-refractivity contribution in [1.82, 2.24) is 19.9 Å². The van der Waals surface area contributed by atoms with Crippen LogP contribution in [0.1, 0.15) is 24.5 Å². The minimum absolute atomic E-state index is 0.434. The van der Waals surface area contributed by atoms with Gasteiger partial charge in [0.1, 0.15) is 5.82 Å². The summed E-state index contributed by atoms with van der Waals surface area (Å²) in [5, 5.41) is 11.5. The Kier molecular flexibility index (Phi) is 4.82. The number of rotatable bonds is 4. The van der Waals surface area contributed by atoms with E-state index in [-0.39, 0.29) is 0 Å². The number of nitrogens with one attached hydrogen (secondary N) is 2. The molecule has 136 valence electrons. The maximum Gasteiger partial charge on any atom is 0.171 e. The maximum atomic E-state index is 4.87. The van der Waals surface area contributed by atoms with E-state index >= 15 is 0 Å². The van der Waals surface area contributed by atoms with Gasteiger partial charge in [0.05, 0.1) is 16.4 Å². The fourth-order valence-corrected chi connectivity index (χ4v) is 3.72. The molecule has 0 radical (unpaired) electrons. The number of benzene rings is 1. The number of aromatic nitrogens is 3. The highest BCUT2D eigenvalue weighted by Gasteiger charge is 2.20. The van der Waals surface area contributed by atoms with Crippen LogP contribution in [0.3, 0.4) is 0 Å². The van der Waals surface area contributed by atoms with Crippen LogP contribution in [0.5, 0.6) is 0 Å². The summed E-state index contributed by atoms with van der Waals surface area (Å²) in [4.78, 5) is 6.97. The first-order valence-electron chi connectivity index (χ1n) is 8.91. The first-order valence-corrected chi connectivity index (χ1v) is 9.70. The van der Waals surface area contributed by atoms with Crippen LogP contribution in [-0.4, -0.2) is 41.8 Å². The molecule has 2 N–H and O–H groups in total. The zero-order valence-electron chi connectivity index (χ0n) is 15.0. The first-order chi connectivity index (χ1) is 12.6. The van der Waals surface area contributed by atoms with E-state index < -0.39 is 0 Å². The smallest absolute Gasteiger partial charge is 0.171 e. The second-order valence-corrected chi connectivity index (χ2v) is 7.76. The van der Waals surface area contributed by atoms with Crippen LogP contribution in [0, 0.1) is 0 Å². The minimum Gasteiger partial charge on any atom is -0.378 e. The SMILES string of the molecule is CN(C)c1cccc(Nc2cc(C3CCCNC3)nc3c(Br)cnn23)c1. The van der Waals surface area contributed by atoms with Crippen LogP contribution in [0.2, 0.25) is 0 Å². The summed E-state index contributed by atoms with van der Waals surface area (Å²) in [6, 6.07) is 10.5. The van der Waals surface area contributed by atoms with Gasteiger partial charge in [0, 0.05) is 44.0 Å². The van der Waals surface area contributed by atoms with Gasteiger partial charge in [0.2, 0.25) is 0 Å². The van der Waals surface area contributed by atoms with Crippen LogP contribution < -0.4 is 15.5 Å². The molecule has 6 nitrogen and oxygen atoms in total. The largest absolute Gasteiger partial charge is 0.378 e. The van der Waals surface area contributed by atoms with Gasteiger partial charge in [0.25, 0.3) is 0 Å². The standard InChI is InChI=1S/C19H23BrN6/c1-25(2)15-7-3-6-14(9-15)23-18-10-17(13-5-4-8-21-11-13)24-19-16(20)12-22-26(18)19/h3,6-7,9-10,12-13,21,23H,4-5,8,11H2,1-2H3. The lowest BCUT2D eigenvalue weighted by atomic mass is 9.96. The number of piperidine rings is 1. The Morgan fingerprint density at radius 1 is 1.31 bits per heavy atom. The van der Waals surface area contributed by atoms with Crippen LogP contribution in [0.25, 0.3) is 5.65 Å². The van der Waals surface area contributed by atoms with Crippen molar-refractivity contribution in [1.29, 1.82) is 0 Å². The first kappa shape index (κ1) is 17.3. The maximum absolute atomic E-state index is 4.87. The highest BCUT2D eigenvalue weighted by molar-refractivity contribution is 9.10. The van der Waals surface area contributed by atoms with Gasteiger partial charge in [-0.25, -0.2) is 4.98 Å². The van der Waals surface area contributed by atoms with Gasteiger partial charge in [-0.2, -0.15) is 9.61 Å². The number of fused-ring (bicyclic) bond motifs is 1. The molecule has 1 saturated heterocycles. The third-order valence-electron chi connectivity index (χ3n) is 4.80.